The van der Waals surface area contributed by atoms with E-state index in [0.717, 1.165) is 0 Å². The number of primary amides is 1. The monoisotopic (exact) mass is 301 g/mol. The van der Waals surface area contributed by atoms with Crippen molar-refractivity contribution in [3.05, 3.63) is 0 Å². The van der Waals surface area contributed by atoms with Crippen LogP contribution >= 0.6 is 0 Å². The molecule has 0 aromatic carbocycles. The van der Waals surface area contributed by atoms with Gasteiger partial charge >= 0.3 is 18.0 Å². The number of piperidine rings is 1. The van der Waals surface area contributed by atoms with Crippen LogP contribution in [0.15, 0.2) is 0 Å². The first kappa shape index (κ1) is 16.7. The molecule has 9 heteroatoms. The van der Waals surface area contributed by atoms with Crippen molar-refractivity contribution in [2.24, 2.45) is 11.7 Å². The highest BCUT2D eigenvalue weighted by Gasteiger charge is 2.28. The molecule has 0 aromatic rings. The summed E-state index contributed by atoms with van der Waals surface area (Å²) in [6, 6.07) is -2.07. The quantitative estimate of drug-likeness (QED) is 0.505. The van der Waals surface area contributed by atoms with E-state index < -0.39 is 30.4 Å². The number of rotatable bonds is 6. The van der Waals surface area contributed by atoms with Gasteiger partial charge in [0.15, 0.2) is 0 Å². The van der Waals surface area contributed by atoms with Gasteiger partial charge < -0.3 is 26.2 Å². The third-order valence-corrected chi connectivity index (χ3v) is 3.37. The van der Waals surface area contributed by atoms with Gasteiger partial charge in [-0.05, 0) is 18.8 Å². The van der Waals surface area contributed by atoms with Crippen LogP contribution in [0.2, 0.25) is 0 Å². The Hall–Kier alpha value is -2.32. The van der Waals surface area contributed by atoms with Gasteiger partial charge in [-0.25, -0.2) is 9.59 Å². The molecule has 1 aliphatic rings. The predicted octanol–water partition coefficient (Wildman–Crippen LogP) is -0.789. The lowest BCUT2D eigenvalue weighted by atomic mass is 9.93. The number of likely N-dealkylation sites (tertiary alicyclic amines) is 1. The summed E-state index contributed by atoms with van der Waals surface area (Å²) in [6.07, 6.45) is 0.797. The molecule has 1 rings (SSSR count). The van der Waals surface area contributed by atoms with Crippen LogP contribution in [0.5, 0.6) is 0 Å². The fourth-order valence-electron chi connectivity index (χ4n) is 2.24. The van der Waals surface area contributed by atoms with Gasteiger partial charge in [0, 0.05) is 19.5 Å². The number of urea groups is 1. The normalized spacial score (nSPS) is 17.0. The zero-order valence-corrected chi connectivity index (χ0v) is 11.4. The molecule has 0 aromatic heterocycles. The Morgan fingerprint density at radius 1 is 1.19 bits per heavy atom. The van der Waals surface area contributed by atoms with Gasteiger partial charge in [-0.3, -0.25) is 9.59 Å². The third-order valence-electron chi connectivity index (χ3n) is 3.37. The largest absolute Gasteiger partial charge is 0.481 e. The van der Waals surface area contributed by atoms with E-state index >= 15 is 0 Å². The average molecular weight is 301 g/mol. The minimum atomic E-state index is -1.46. The molecule has 0 spiro atoms. The molecule has 3 amide bonds. The first-order valence-electron chi connectivity index (χ1n) is 6.58. The van der Waals surface area contributed by atoms with Crippen LogP contribution in [0.1, 0.15) is 25.7 Å². The van der Waals surface area contributed by atoms with E-state index in [1.807, 2.05) is 0 Å². The van der Waals surface area contributed by atoms with Crippen molar-refractivity contribution in [1.82, 2.24) is 10.2 Å². The van der Waals surface area contributed by atoms with Crippen LogP contribution < -0.4 is 11.1 Å². The van der Waals surface area contributed by atoms with Gasteiger partial charge in [-0.1, -0.05) is 0 Å². The predicted molar refractivity (Wildman–Crippen MR) is 70.3 cm³/mol. The summed E-state index contributed by atoms with van der Waals surface area (Å²) >= 11 is 0. The van der Waals surface area contributed by atoms with Gasteiger partial charge in [0.05, 0.1) is 6.42 Å². The highest BCUT2D eigenvalue weighted by molar-refractivity contribution is 5.86. The van der Waals surface area contributed by atoms with Crippen LogP contribution in [0, 0.1) is 5.92 Å². The summed E-state index contributed by atoms with van der Waals surface area (Å²) in [5.41, 5.74) is 5.11. The molecular formula is C12H19N3O6. The number of carboxylic acids is 2. The molecule has 1 saturated heterocycles. The minimum Gasteiger partial charge on any atom is -0.481 e. The Bertz CT molecular complexity index is 431. The molecule has 5 N–H and O–H groups in total. The first-order valence-corrected chi connectivity index (χ1v) is 6.58. The lowest BCUT2D eigenvalue weighted by molar-refractivity contribution is -0.145. The fourth-order valence-corrected chi connectivity index (χ4v) is 2.24. The lowest BCUT2D eigenvalue weighted by Gasteiger charge is -2.32. The van der Waals surface area contributed by atoms with Crippen LogP contribution in [-0.2, 0) is 14.4 Å². The summed E-state index contributed by atoms with van der Waals surface area (Å²) in [5.74, 6) is -2.96. The molecule has 0 bridgehead atoms. The average Bonchev–Trinajstić information content (AvgIpc) is 2.37. The number of carbonyl (C=O) groups excluding carboxylic acids is 2. The highest BCUT2D eigenvalue weighted by Crippen LogP contribution is 2.20. The van der Waals surface area contributed by atoms with Crippen molar-refractivity contribution < 1.29 is 29.4 Å². The number of hydrogen-bond donors (Lipinski definition) is 4. The van der Waals surface area contributed by atoms with E-state index in [1.165, 1.54) is 4.90 Å². The number of nitrogens with two attached hydrogens (primary N) is 1. The summed E-state index contributed by atoms with van der Waals surface area (Å²) in [4.78, 5) is 45.5. The van der Waals surface area contributed by atoms with Crippen molar-refractivity contribution in [2.45, 2.75) is 31.7 Å². The van der Waals surface area contributed by atoms with E-state index in [4.69, 9.17) is 15.9 Å². The molecule has 9 nitrogen and oxygen atoms in total. The Morgan fingerprint density at radius 3 is 2.19 bits per heavy atom. The summed E-state index contributed by atoms with van der Waals surface area (Å²) in [5, 5.41) is 19.7. The van der Waals surface area contributed by atoms with Crippen LogP contribution in [0.4, 0.5) is 4.79 Å². The first-order chi connectivity index (χ1) is 9.79. The second kappa shape index (κ2) is 7.46. The van der Waals surface area contributed by atoms with Crippen molar-refractivity contribution in [2.75, 3.05) is 13.1 Å². The smallest absolute Gasteiger partial charge is 0.326 e. The van der Waals surface area contributed by atoms with E-state index in [1.54, 1.807) is 0 Å². The standard InChI is InChI=1S/C12H19N3O6/c13-9(16)5-7-1-3-15(4-2-7)12(21)14-8(11(19)20)6-10(17)18/h7-8H,1-6H2,(H2,13,16)(H,14,21)(H,17,18)(H,19,20)/t8-/m1/s1. The zero-order chi connectivity index (χ0) is 16.0. The number of hydrogen-bond acceptors (Lipinski definition) is 4. The molecule has 21 heavy (non-hydrogen) atoms. The van der Waals surface area contributed by atoms with Crippen LogP contribution in [-0.4, -0.2) is 58.1 Å². The van der Waals surface area contributed by atoms with E-state index in [9.17, 15) is 19.2 Å². The maximum absolute atomic E-state index is 11.9. The highest BCUT2D eigenvalue weighted by atomic mass is 16.4. The van der Waals surface area contributed by atoms with E-state index in [2.05, 4.69) is 5.32 Å². The molecule has 1 heterocycles. The van der Waals surface area contributed by atoms with Crippen molar-refractivity contribution in [3.8, 4) is 0 Å². The molecule has 1 aliphatic heterocycles. The maximum atomic E-state index is 11.9. The second-order valence-corrected chi connectivity index (χ2v) is 5.04. The van der Waals surface area contributed by atoms with Crippen LogP contribution in [0.25, 0.3) is 0 Å². The summed E-state index contributed by atoms with van der Waals surface area (Å²) in [6.45, 7) is 0.756. The number of nitrogens with zero attached hydrogens (tertiary/aromatic N) is 1. The lowest BCUT2D eigenvalue weighted by Crippen LogP contribution is -2.50. The second-order valence-electron chi connectivity index (χ2n) is 5.04. The number of aliphatic carboxylic acids is 2. The van der Waals surface area contributed by atoms with Gasteiger partial charge in [-0.2, -0.15) is 0 Å². The number of carbonyl (C=O) groups is 4. The fraction of sp³-hybridized carbons (Fsp3) is 0.667. The molecule has 1 atom stereocenters. The van der Waals surface area contributed by atoms with Crippen molar-refractivity contribution in [3.63, 3.8) is 0 Å². The van der Waals surface area contributed by atoms with Crippen LogP contribution in [0.3, 0.4) is 0 Å². The van der Waals surface area contributed by atoms with E-state index in [0.29, 0.717) is 25.9 Å². The molecule has 118 valence electrons. The van der Waals surface area contributed by atoms with Gasteiger partial charge in [-0.15, -0.1) is 0 Å². The molecule has 0 unspecified atom stereocenters. The topological polar surface area (TPSA) is 150 Å². The molecule has 0 saturated carbocycles. The zero-order valence-electron chi connectivity index (χ0n) is 11.4. The SMILES string of the molecule is NC(=O)CC1CCN(C(=O)N[C@H](CC(=O)O)C(=O)O)CC1. The minimum absolute atomic E-state index is 0.126. The summed E-state index contributed by atoms with van der Waals surface area (Å²) < 4.78 is 0. The van der Waals surface area contributed by atoms with E-state index in [-0.39, 0.29) is 18.2 Å². The maximum Gasteiger partial charge on any atom is 0.326 e. The summed E-state index contributed by atoms with van der Waals surface area (Å²) in [7, 11) is 0. The van der Waals surface area contributed by atoms with Gasteiger partial charge in [0.25, 0.3) is 0 Å². The van der Waals surface area contributed by atoms with Crippen molar-refractivity contribution in [1.29, 1.82) is 0 Å². The van der Waals surface area contributed by atoms with Crippen molar-refractivity contribution >= 4 is 23.9 Å². The number of carboxylic acid groups (broad SMARTS) is 2. The number of nitrogens with one attached hydrogen (secondary N) is 1. The molecular weight excluding hydrogens is 282 g/mol. The Labute approximate surface area is 121 Å². The third kappa shape index (κ3) is 5.67. The molecule has 0 aliphatic carbocycles. The molecule has 0 radical (unpaired) electrons. The Morgan fingerprint density at radius 2 is 1.76 bits per heavy atom. The number of amides is 3. The van der Waals surface area contributed by atoms with Gasteiger partial charge in [0.1, 0.15) is 6.04 Å². The molecule has 1 fully saturated rings. The van der Waals surface area contributed by atoms with Gasteiger partial charge in [0.2, 0.25) is 5.91 Å². The Kier molecular flexibility index (Phi) is 5.94. The Balaban J connectivity index is 2.47.